The van der Waals surface area contributed by atoms with Gasteiger partial charge in [0.05, 0.1) is 0 Å². The molecule has 0 aliphatic carbocycles. The van der Waals surface area contributed by atoms with Gasteiger partial charge < -0.3 is 5.32 Å². The molecular weight excluding hydrogens is 318 g/mol. The lowest BCUT2D eigenvalue weighted by atomic mass is 9.98. The van der Waals surface area contributed by atoms with E-state index in [9.17, 15) is 13.6 Å². The molecular formula is C17H24F2N2OS. The summed E-state index contributed by atoms with van der Waals surface area (Å²) in [7, 11) is 0. The average Bonchev–Trinajstić information content (AvgIpc) is 2.54. The second-order valence-electron chi connectivity index (χ2n) is 6.45. The van der Waals surface area contributed by atoms with Gasteiger partial charge in [0.2, 0.25) is 0 Å². The van der Waals surface area contributed by atoms with E-state index in [2.05, 4.69) is 24.1 Å². The van der Waals surface area contributed by atoms with Crippen LogP contribution in [0.1, 0.15) is 43.5 Å². The Labute approximate surface area is 140 Å². The number of benzene rings is 1. The fourth-order valence-electron chi connectivity index (χ4n) is 2.80. The topological polar surface area (TPSA) is 32.3 Å². The second kappa shape index (κ2) is 8.11. The summed E-state index contributed by atoms with van der Waals surface area (Å²) in [4.78, 5) is 15.1. The highest BCUT2D eigenvalue weighted by atomic mass is 32.2. The molecule has 3 nitrogen and oxygen atoms in total. The summed E-state index contributed by atoms with van der Waals surface area (Å²) < 4.78 is 24.6. The maximum Gasteiger partial charge on any atom is 0.288 e. The summed E-state index contributed by atoms with van der Waals surface area (Å²) >= 11 is 0.484. The number of carbonyl (C=O) groups excluding carboxylic acids is 1. The first-order chi connectivity index (χ1) is 10.9. The molecule has 6 heteroatoms. The van der Waals surface area contributed by atoms with Gasteiger partial charge in [-0.25, -0.2) is 0 Å². The Morgan fingerprint density at radius 3 is 2.39 bits per heavy atom. The Bertz CT molecular complexity index is 514. The largest absolute Gasteiger partial charge is 0.350 e. The van der Waals surface area contributed by atoms with Gasteiger partial charge in [-0.15, -0.1) is 0 Å². The summed E-state index contributed by atoms with van der Waals surface area (Å²) in [5.74, 6) is -2.61. The normalized spacial score (nSPS) is 16.6. The molecule has 0 bridgehead atoms. The molecule has 128 valence electrons. The van der Waals surface area contributed by atoms with Crippen LogP contribution in [-0.4, -0.2) is 41.7 Å². The molecule has 1 heterocycles. The summed E-state index contributed by atoms with van der Waals surface area (Å²) in [6.45, 7) is 6.99. The maximum absolute atomic E-state index is 12.3. The lowest BCUT2D eigenvalue weighted by Crippen LogP contribution is -2.53. The standard InChI is InChI=1S/C17H24F2N2OS/c1-17(2,21-10-4-3-5-11-21)12-20-15(22)13-6-8-14(9-7-13)23-16(18)19/h6-9,16H,3-5,10-12H2,1-2H3,(H,20,22). The maximum atomic E-state index is 12.3. The van der Waals surface area contributed by atoms with Gasteiger partial charge in [-0.3, -0.25) is 9.69 Å². The van der Waals surface area contributed by atoms with E-state index in [4.69, 9.17) is 0 Å². The monoisotopic (exact) mass is 342 g/mol. The molecule has 23 heavy (non-hydrogen) atoms. The van der Waals surface area contributed by atoms with Crippen molar-refractivity contribution in [3.8, 4) is 0 Å². The zero-order valence-corrected chi connectivity index (χ0v) is 14.5. The fraction of sp³-hybridized carbons (Fsp3) is 0.588. The van der Waals surface area contributed by atoms with Crippen LogP contribution >= 0.6 is 11.8 Å². The number of hydrogen-bond acceptors (Lipinski definition) is 3. The number of hydrogen-bond donors (Lipinski definition) is 1. The van der Waals surface area contributed by atoms with Gasteiger partial charge in [-0.1, -0.05) is 18.2 Å². The molecule has 0 radical (unpaired) electrons. The van der Waals surface area contributed by atoms with E-state index in [1.165, 1.54) is 19.3 Å². The van der Waals surface area contributed by atoms with Crippen molar-refractivity contribution < 1.29 is 13.6 Å². The number of nitrogens with zero attached hydrogens (tertiary/aromatic N) is 1. The Hall–Kier alpha value is -1.14. The van der Waals surface area contributed by atoms with Crippen molar-refractivity contribution in [3.63, 3.8) is 0 Å². The predicted octanol–water partition coefficient (Wildman–Crippen LogP) is 4.00. The zero-order valence-electron chi connectivity index (χ0n) is 13.6. The van der Waals surface area contributed by atoms with Crippen molar-refractivity contribution in [1.82, 2.24) is 10.2 Å². The molecule has 1 amide bonds. The van der Waals surface area contributed by atoms with E-state index in [1.54, 1.807) is 24.3 Å². The van der Waals surface area contributed by atoms with Gasteiger partial charge in [0.15, 0.2) is 0 Å². The third-order valence-electron chi connectivity index (χ3n) is 4.24. The Morgan fingerprint density at radius 1 is 1.22 bits per heavy atom. The summed E-state index contributed by atoms with van der Waals surface area (Å²) in [6.07, 6.45) is 3.70. The van der Waals surface area contributed by atoms with Crippen molar-refractivity contribution in [2.75, 3.05) is 19.6 Å². The molecule has 1 aromatic carbocycles. The molecule has 0 unspecified atom stereocenters. The first kappa shape index (κ1) is 18.2. The molecule has 0 saturated carbocycles. The average molecular weight is 342 g/mol. The van der Waals surface area contributed by atoms with Gasteiger partial charge >= 0.3 is 0 Å². The molecule has 0 spiro atoms. The molecule has 1 saturated heterocycles. The lowest BCUT2D eigenvalue weighted by molar-refractivity contribution is 0.0797. The summed E-state index contributed by atoms with van der Waals surface area (Å²) in [5.41, 5.74) is 0.416. The van der Waals surface area contributed by atoms with Crippen LogP contribution in [0, 0.1) is 0 Å². The number of thioether (sulfide) groups is 1. The molecule has 1 aliphatic heterocycles. The number of piperidine rings is 1. The number of alkyl halides is 2. The summed E-state index contributed by atoms with van der Waals surface area (Å²) in [5, 5.41) is 2.96. The number of nitrogens with one attached hydrogen (secondary N) is 1. The molecule has 1 N–H and O–H groups in total. The van der Waals surface area contributed by atoms with Crippen LogP contribution in [0.15, 0.2) is 29.2 Å². The van der Waals surface area contributed by atoms with Crippen molar-refractivity contribution in [2.45, 2.75) is 49.3 Å². The molecule has 1 aliphatic rings. The van der Waals surface area contributed by atoms with Crippen LogP contribution in [0.3, 0.4) is 0 Å². The fourth-order valence-corrected chi connectivity index (χ4v) is 3.30. The van der Waals surface area contributed by atoms with E-state index >= 15 is 0 Å². The minimum atomic E-state index is -2.44. The van der Waals surface area contributed by atoms with Crippen LogP contribution in [0.5, 0.6) is 0 Å². The van der Waals surface area contributed by atoms with Crippen LogP contribution < -0.4 is 5.32 Å². The lowest BCUT2D eigenvalue weighted by Gasteiger charge is -2.41. The van der Waals surface area contributed by atoms with Crippen LogP contribution in [-0.2, 0) is 0 Å². The van der Waals surface area contributed by atoms with Gasteiger partial charge in [-0.05, 0) is 64.0 Å². The van der Waals surface area contributed by atoms with Gasteiger partial charge in [0, 0.05) is 22.5 Å². The van der Waals surface area contributed by atoms with E-state index in [0.717, 1.165) is 13.1 Å². The minimum absolute atomic E-state index is 0.0818. The number of halogens is 2. The van der Waals surface area contributed by atoms with Gasteiger partial charge in [0.25, 0.3) is 11.7 Å². The quantitative estimate of drug-likeness (QED) is 0.793. The van der Waals surface area contributed by atoms with Gasteiger partial charge in [-0.2, -0.15) is 8.78 Å². The van der Waals surface area contributed by atoms with E-state index in [-0.39, 0.29) is 11.4 Å². The van der Waals surface area contributed by atoms with E-state index in [1.807, 2.05) is 0 Å². The number of likely N-dealkylation sites (tertiary alicyclic amines) is 1. The Kier molecular flexibility index (Phi) is 6.41. The highest BCUT2D eigenvalue weighted by molar-refractivity contribution is 7.99. The minimum Gasteiger partial charge on any atom is -0.350 e. The van der Waals surface area contributed by atoms with Crippen molar-refractivity contribution in [2.24, 2.45) is 0 Å². The summed E-state index contributed by atoms with van der Waals surface area (Å²) in [6, 6.07) is 6.30. The molecule has 2 rings (SSSR count). The number of carbonyl (C=O) groups is 1. The molecule has 1 fully saturated rings. The molecule has 0 atom stereocenters. The zero-order chi connectivity index (χ0) is 16.9. The highest BCUT2D eigenvalue weighted by Gasteiger charge is 2.28. The SMILES string of the molecule is CC(C)(CNC(=O)c1ccc(SC(F)F)cc1)N1CCCCC1. The third-order valence-corrected chi connectivity index (χ3v) is 4.96. The Balaban J connectivity index is 1.88. The van der Waals surface area contributed by atoms with Crippen LogP contribution in [0.4, 0.5) is 8.78 Å². The molecule has 1 aromatic rings. The van der Waals surface area contributed by atoms with Crippen molar-refractivity contribution in [1.29, 1.82) is 0 Å². The van der Waals surface area contributed by atoms with Gasteiger partial charge in [0.1, 0.15) is 0 Å². The van der Waals surface area contributed by atoms with Crippen LogP contribution in [0.2, 0.25) is 0 Å². The van der Waals surface area contributed by atoms with Crippen molar-refractivity contribution >= 4 is 17.7 Å². The van der Waals surface area contributed by atoms with Crippen LogP contribution in [0.25, 0.3) is 0 Å². The third kappa shape index (κ3) is 5.46. The van der Waals surface area contributed by atoms with E-state index in [0.29, 0.717) is 28.8 Å². The predicted molar refractivity (Wildman–Crippen MR) is 90.1 cm³/mol. The highest BCUT2D eigenvalue weighted by Crippen LogP contribution is 2.25. The first-order valence-electron chi connectivity index (χ1n) is 7.96. The molecule has 0 aromatic heterocycles. The number of rotatable bonds is 6. The second-order valence-corrected chi connectivity index (χ2v) is 7.51. The smallest absolute Gasteiger partial charge is 0.288 e. The first-order valence-corrected chi connectivity index (χ1v) is 8.84. The van der Waals surface area contributed by atoms with Crippen molar-refractivity contribution in [3.05, 3.63) is 29.8 Å². The number of amides is 1. The Morgan fingerprint density at radius 2 is 1.83 bits per heavy atom. The van der Waals surface area contributed by atoms with E-state index < -0.39 is 5.76 Å².